The molecule has 0 radical (unpaired) electrons. The van der Waals surface area contributed by atoms with E-state index < -0.39 is 17.6 Å². The Morgan fingerprint density at radius 3 is 2.29 bits per heavy atom. The molecule has 0 fully saturated rings. The van der Waals surface area contributed by atoms with Crippen LogP contribution >= 0.6 is 0 Å². The maximum atomic E-state index is 13.2. The quantitative estimate of drug-likeness (QED) is 0.695. The molecule has 3 aromatic rings. The second-order valence-electron chi connectivity index (χ2n) is 4.50. The minimum absolute atomic E-state index is 0.171. The van der Waals surface area contributed by atoms with Crippen LogP contribution in [-0.2, 0) is 6.18 Å². The van der Waals surface area contributed by atoms with E-state index in [1.54, 1.807) is 0 Å². The maximum absolute atomic E-state index is 13.2. The van der Waals surface area contributed by atoms with E-state index in [0.29, 0.717) is 16.9 Å². The number of nitrogens with zero attached hydrogens (tertiary/aromatic N) is 2. The van der Waals surface area contributed by atoms with Crippen LogP contribution in [0, 0.1) is 5.82 Å². The van der Waals surface area contributed by atoms with E-state index in [4.69, 9.17) is 5.73 Å². The molecule has 1 aromatic carbocycles. The smallest absolute Gasteiger partial charge is 0.383 e. The topological polar surface area (TPSA) is 43.3 Å². The van der Waals surface area contributed by atoms with E-state index in [-0.39, 0.29) is 5.82 Å². The minimum atomic E-state index is -4.40. The van der Waals surface area contributed by atoms with E-state index in [2.05, 4.69) is 4.98 Å². The van der Waals surface area contributed by atoms with Gasteiger partial charge >= 0.3 is 6.18 Å². The van der Waals surface area contributed by atoms with Crippen LogP contribution in [0.4, 0.5) is 23.4 Å². The fourth-order valence-corrected chi connectivity index (χ4v) is 2.07. The Labute approximate surface area is 116 Å². The number of imidazole rings is 1. The molecule has 0 atom stereocenters. The minimum Gasteiger partial charge on any atom is -0.383 e. The monoisotopic (exact) mass is 295 g/mol. The van der Waals surface area contributed by atoms with Crippen molar-refractivity contribution in [3.8, 4) is 11.3 Å². The first-order chi connectivity index (χ1) is 9.86. The van der Waals surface area contributed by atoms with Gasteiger partial charge in [-0.3, -0.25) is 4.40 Å². The molecule has 0 spiro atoms. The first-order valence-electron chi connectivity index (χ1n) is 5.97. The fraction of sp³-hybridized carbons (Fsp3) is 0.0714. The molecule has 108 valence electrons. The molecule has 0 aliphatic heterocycles. The van der Waals surface area contributed by atoms with Crippen molar-refractivity contribution >= 4 is 11.5 Å². The summed E-state index contributed by atoms with van der Waals surface area (Å²) in [5, 5.41) is 0. The third-order valence-electron chi connectivity index (χ3n) is 3.11. The largest absolute Gasteiger partial charge is 0.416 e. The Morgan fingerprint density at radius 1 is 1.00 bits per heavy atom. The van der Waals surface area contributed by atoms with Crippen molar-refractivity contribution < 1.29 is 17.6 Å². The lowest BCUT2D eigenvalue weighted by Crippen LogP contribution is -2.04. The number of alkyl halides is 3. The third kappa shape index (κ3) is 2.31. The van der Waals surface area contributed by atoms with Crippen molar-refractivity contribution in [3.05, 3.63) is 54.0 Å². The molecule has 0 amide bonds. The number of fused-ring (bicyclic) bond motifs is 1. The van der Waals surface area contributed by atoms with Crippen LogP contribution in [-0.4, -0.2) is 9.38 Å². The summed E-state index contributed by atoms with van der Waals surface area (Å²) in [7, 11) is 0. The van der Waals surface area contributed by atoms with Crippen LogP contribution in [0.25, 0.3) is 16.9 Å². The van der Waals surface area contributed by atoms with E-state index in [1.165, 1.54) is 34.9 Å². The molecule has 7 heteroatoms. The van der Waals surface area contributed by atoms with Gasteiger partial charge in [-0.1, -0.05) is 12.1 Å². The lowest BCUT2D eigenvalue weighted by atomic mass is 10.1. The highest BCUT2D eigenvalue weighted by molar-refractivity contribution is 5.75. The Bertz CT molecular complexity index is 803. The Kier molecular flexibility index (Phi) is 2.86. The zero-order valence-corrected chi connectivity index (χ0v) is 10.5. The molecule has 3 rings (SSSR count). The van der Waals surface area contributed by atoms with Crippen molar-refractivity contribution in [1.29, 1.82) is 0 Å². The molecule has 0 aliphatic rings. The van der Waals surface area contributed by atoms with Gasteiger partial charge in [-0.15, -0.1) is 0 Å². The van der Waals surface area contributed by atoms with Gasteiger partial charge in [0.05, 0.1) is 5.56 Å². The van der Waals surface area contributed by atoms with Gasteiger partial charge in [-0.2, -0.15) is 13.2 Å². The van der Waals surface area contributed by atoms with Crippen molar-refractivity contribution in [2.75, 3.05) is 5.73 Å². The summed E-state index contributed by atoms with van der Waals surface area (Å²) in [5.41, 5.74) is 6.29. The van der Waals surface area contributed by atoms with Crippen LogP contribution < -0.4 is 5.73 Å². The molecule has 2 aromatic heterocycles. The number of halogens is 4. The zero-order chi connectivity index (χ0) is 15.2. The number of anilines is 1. The summed E-state index contributed by atoms with van der Waals surface area (Å²) in [6.45, 7) is 0. The number of hydrogen-bond acceptors (Lipinski definition) is 2. The highest BCUT2D eigenvalue weighted by Crippen LogP contribution is 2.32. The van der Waals surface area contributed by atoms with Crippen LogP contribution in [0.2, 0.25) is 0 Å². The molecule has 0 aliphatic carbocycles. The number of aromatic nitrogens is 2. The number of nitrogen functional groups attached to an aromatic ring is 1. The first-order valence-corrected chi connectivity index (χ1v) is 5.97. The average Bonchev–Trinajstić information content (AvgIpc) is 2.75. The molecule has 2 N–H and O–H groups in total. The maximum Gasteiger partial charge on any atom is 0.416 e. The highest BCUT2D eigenvalue weighted by atomic mass is 19.4. The number of nitrogens with two attached hydrogens (primary N) is 1. The molecule has 2 heterocycles. The van der Waals surface area contributed by atoms with Gasteiger partial charge in [0.15, 0.2) is 0 Å². The van der Waals surface area contributed by atoms with E-state index in [1.807, 2.05) is 0 Å². The lowest BCUT2D eigenvalue weighted by molar-refractivity contribution is -0.137. The van der Waals surface area contributed by atoms with Gasteiger partial charge in [-0.05, 0) is 24.3 Å². The summed E-state index contributed by atoms with van der Waals surface area (Å²) in [6.07, 6.45) is -3.22. The molecule has 0 bridgehead atoms. The standard InChI is InChI=1S/C14H9F4N3/c15-10-5-6-11-20-12(13(19)21(11)7-10)8-1-3-9(4-2-8)14(16,17)18/h1-7H,19H2. The molecule has 0 unspecified atom stereocenters. The zero-order valence-electron chi connectivity index (χ0n) is 10.5. The van der Waals surface area contributed by atoms with Crippen LogP contribution in [0.15, 0.2) is 42.6 Å². The van der Waals surface area contributed by atoms with Crippen molar-refractivity contribution in [2.45, 2.75) is 6.18 Å². The summed E-state index contributed by atoms with van der Waals surface area (Å²) in [6, 6.07) is 7.17. The molecular formula is C14H9F4N3. The fourth-order valence-electron chi connectivity index (χ4n) is 2.07. The van der Waals surface area contributed by atoms with Gasteiger partial charge in [0, 0.05) is 11.8 Å². The Morgan fingerprint density at radius 2 is 1.67 bits per heavy atom. The predicted molar refractivity (Wildman–Crippen MR) is 70.0 cm³/mol. The van der Waals surface area contributed by atoms with Crippen molar-refractivity contribution in [2.24, 2.45) is 0 Å². The number of benzene rings is 1. The molecule has 3 nitrogen and oxygen atoms in total. The third-order valence-corrected chi connectivity index (χ3v) is 3.11. The molecular weight excluding hydrogens is 286 g/mol. The van der Waals surface area contributed by atoms with Crippen LogP contribution in [0.5, 0.6) is 0 Å². The van der Waals surface area contributed by atoms with Gasteiger partial charge in [0.25, 0.3) is 0 Å². The van der Waals surface area contributed by atoms with Crippen molar-refractivity contribution in [1.82, 2.24) is 9.38 Å². The summed E-state index contributed by atoms with van der Waals surface area (Å²) >= 11 is 0. The van der Waals surface area contributed by atoms with Crippen molar-refractivity contribution in [3.63, 3.8) is 0 Å². The van der Waals surface area contributed by atoms with Crippen LogP contribution in [0.3, 0.4) is 0 Å². The van der Waals surface area contributed by atoms with Gasteiger partial charge in [0.2, 0.25) is 0 Å². The summed E-state index contributed by atoms with van der Waals surface area (Å²) < 4.78 is 52.1. The van der Waals surface area contributed by atoms with E-state index in [0.717, 1.165) is 12.1 Å². The number of rotatable bonds is 1. The molecule has 21 heavy (non-hydrogen) atoms. The van der Waals surface area contributed by atoms with Gasteiger partial charge < -0.3 is 5.73 Å². The highest BCUT2D eigenvalue weighted by Gasteiger charge is 2.30. The van der Waals surface area contributed by atoms with Gasteiger partial charge in [0.1, 0.15) is 23.0 Å². The van der Waals surface area contributed by atoms with Gasteiger partial charge in [-0.25, -0.2) is 9.37 Å². The Balaban J connectivity index is 2.10. The average molecular weight is 295 g/mol. The molecule has 0 saturated carbocycles. The predicted octanol–water partition coefficient (Wildman–Crippen LogP) is 3.74. The number of pyridine rings is 1. The number of hydrogen-bond donors (Lipinski definition) is 1. The lowest BCUT2D eigenvalue weighted by Gasteiger charge is -2.06. The van der Waals surface area contributed by atoms with Crippen LogP contribution in [0.1, 0.15) is 5.56 Å². The second-order valence-corrected chi connectivity index (χ2v) is 4.50. The normalized spacial score (nSPS) is 12.0. The molecule has 0 saturated heterocycles. The SMILES string of the molecule is Nc1c(-c2ccc(C(F)(F)F)cc2)nc2ccc(F)cn12. The summed E-state index contributed by atoms with van der Waals surface area (Å²) in [4.78, 5) is 4.21. The van der Waals surface area contributed by atoms with E-state index in [9.17, 15) is 17.6 Å². The second kappa shape index (κ2) is 4.47. The first kappa shape index (κ1) is 13.4. The summed E-state index contributed by atoms with van der Waals surface area (Å²) in [5.74, 6) is -0.310. The Hall–Kier alpha value is -2.57. The van der Waals surface area contributed by atoms with E-state index >= 15 is 0 Å².